The standard InChI is InChI=1S/C32H49N3O7/c1-30(2,3)32(41,21-36)28(39)34-24(17-22-13-9-7-10-14-22)26(37)19-33-20-27(38)25(18-23-15-11-8-12-16-23)35-29(40)42-31(4,5)6/h7-16,24-27,33,36-38,41H,17-21H2,1-6H3,(H,34,39)(H,35,40)/t24-,25-,26+,27+,32-/m0/s1. The maximum atomic E-state index is 13.1. The van der Waals surface area contributed by atoms with Gasteiger partial charge in [-0.1, -0.05) is 81.4 Å². The molecule has 0 aliphatic rings. The van der Waals surface area contributed by atoms with E-state index in [0.717, 1.165) is 11.1 Å². The van der Waals surface area contributed by atoms with Crippen molar-refractivity contribution in [3.63, 3.8) is 0 Å². The van der Waals surface area contributed by atoms with E-state index < -0.39 is 59.5 Å². The van der Waals surface area contributed by atoms with Crippen LogP contribution in [0.5, 0.6) is 0 Å². The van der Waals surface area contributed by atoms with E-state index in [-0.39, 0.29) is 19.5 Å². The third kappa shape index (κ3) is 11.0. The van der Waals surface area contributed by atoms with Gasteiger partial charge in [0.2, 0.25) is 0 Å². The molecular weight excluding hydrogens is 538 g/mol. The number of benzene rings is 2. The molecule has 0 aromatic heterocycles. The Balaban J connectivity index is 2.12. The molecule has 0 aliphatic heterocycles. The molecule has 7 N–H and O–H groups in total. The number of carbonyl (C=O) groups is 2. The second-order valence-corrected chi connectivity index (χ2v) is 12.8. The molecule has 0 fully saturated rings. The molecular formula is C32H49N3O7. The zero-order chi connectivity index (χ0) is 31.6. The monoisotopic (exact) mass is 587 g/mol. The van der Waals surface area contributed by atoms with Gasteiger partial charge in [0.15, 0.2) is 5.60 Å². The Morgan fingerprint density at radius 2 is 1.19 bits per heavy atom. The van der Waals surface area contributed by atoms with Gasteiger partial charge in [-0.3, -0.25) is 4.79 Å². The van der Waals surface area contributed by atoms with Crippen molar-refractivity contribution in [3.05, 3.63) is 71.8 Å². The van der Waals surface area contributed by atoms with Crippen LogP contribution in [0, 0.1) is 5.41 Å². The number of nitrogens with one attached hydrogen (secondary N) is 3. The summed E-state index contributed by atoms with van der Waals surface area (Å²) in [6.45, 7) is 9.44. The summed E-state index contributed by atoms with van der Waals surface area (Å²) in [7, 11) is 0. The van der Waals surface area contributed by atoms with E-state index in [2.05, 4.69) is 16.0 Å². The number of alkyl carbamates (subject to hydrolysis) is 1. The zero-order valence-corrected chi connectivity index (χ0v) is 25.6. The fourth-order valence-corrected chi connectivity index (χ4v) is 4.36. The van der Waals surface area contributed by atoms with Crippen LogP contribution in [0.1, 0.15) is 52.7 Å². The molecule has 0 spiro atoms. The molecule has 5 atom stereocenters. The van der Waals surface area contributed by atoms with E-state index in [1.54, 1.807) is 41.5 Å². The molecule has 2 rings (SSSR count). The smallest absolute Gasteiger partial charge is 0.407 e. The van der Waals surface area contributed by atoms with Crippen LogP contribution in [0.4, 0.5) is 4.79 Å². The minimum atomic E-state index is -2.07. The van der Waals surface area contributed by atoms with Crippen molar-refractivity contribution in [2.75, 3.05) is 19.7 Å². The summed E-state index contributed by atoms with van der Waals surface area (Å²) in [5.41, 5.74) is -1.97. The van der Waals surface area contributed by atoms with Crippen LogP contribution in [-0.4, -0.2) is 87.6 Å². The number of aliphatic hydroxyl groups is 4. The van der Waals surface area contributed by atoms with Gasteiger partial charge >= 0.3 is 6.09 Å². The minimum Gasteiger partial charge on any atom is -0.444 e. The van der Waals surface area contributed by atoms with Gasteiger partial charge in [0.25, 0.3) is 5.91 Å². The molecule has 0 saturated heterocycles. The number of amides is 2. The second-order valence-electron chi connectivity index (χ2n) is 12.8. The molecule has 0 unspecified atom stereocenters. The Morgan fingerprint density at radius 1 is 0.762 bits per heavy atom. The van der Waals surface area contributed by atoms with Gasteiger partial charge in [-0.05, 0) is 44.7 Å². The highest BCUT2D eigenvalue weighted by molar-refractivity contribution is 5.86. The Kier molecular flexibility index (Phi) is 12.9. The number of rotatable bonds is 14. The van der Waals surface area contributed by atoms with Crippen LogP contribution >= 0.6 is 0 Å². The Bertz CT molecular complexity index is 1100. The Hall–Kier alpha value is -3.02. The number of ether oxygens (including phenoxy) is 1. The van der Waals surface area contributed by atoms with E-state index in [1.807, 2.05) is 60.7 Å². The van der Waals surface area contributed by atoms with Gasteiger partial charge in [-0.2, -0.15) is 0 Å². The molecule has 10 nitrogen and oxygen atoms in total. The number of aliphatic hydroxyl groups excluding tert-OH is 3. The summed E-state index contributed by atoms with van der Waals surface area (Å²) in [6.07, 6.45) is -2.18. The fourth-order valence-electron chi connectivity index (χ4n) is 4.36. The maximum Gasteiger partial charge on any atom is 0.407 e. The predicted octanol–water partition coefficient (Wildman–Crippen LogP) is 1.93. The predicted molar refractivity (Wildman–Crippen MR) is 162 cm³/mol. The molecule has 0 saturated carbocycles. The van der Waals surface area contributed by atoms with Crippen molar-refractivity contribution in [2.24, 2.45) is 5.41 Å². The first-order valence-corrected chi connectivity index (χ1v) is 14.3. The van der Waals surface area contributed by atoms with Crippen LogP contribution in [-0.2, 0) is 22.4 Å². The van der Waals surface area contributed by atoms with E-state index in [4.69, 9.17) is 4.74 Å². The molecule has 2 amide bonds. The summed E-state index contributed by atoms with van der Waals surface area (Å²) >= 11 is 0. The number of hydrogen-bond acceptors (Lipinski definition) is 8. The van der Waals surface area contributed by atoms with Crippen LogP contribution in [0.15, 0.2) is 60.7 Å². The van der Waals surface area contributed by atoms with Gasteiger partial charge in [0, 0.05) is 18.5 Å². The van der Waals surface area contributed by atoms with Crippen molar-refractivity contribution in [2.45, 2.75) is 89.9 Å². The lowest BCUT2D eigenvalue weighted by Crippen LogP contribution is -2.62. The van der Waals surface area contributed by atoms with Crippen molar-refractivity contribution in [1.29, 1.82) is 0 Å². The molecule has 234 valence electrons. The quantitative estimate of drug-likeness (QED) is 0.177. The van der Waals surface area contributed by atoms with Crippen LogP contribution in [0.2, 0.25) is 0 Å². The number of hydrogen-bond donors (Lipinski definition) is 7. The van der Waals surface area contributed by atoms with Gasteiger partial charge < -0.3 is 41.1 Å². The average Bonchev–Trinajstić information content (AvgIpc) is 2.91. The maximum absolute atomic E-state index is 13.1. The molecule has 0 heterocycles. The van der Waals surface area contributed by atoms with E-state index >= 15 is 0 Å². The van der Waals surface area contributed by atoms with E-state index in [0.29, 0.717) is 6.42 Å². The van der Waals surface area contributed by atoms with Gasteiger partial charge in [0.1, 0.15) is 5.60 Å². The lowest BCUT2D eigenvalue weighted by atomic mass is 9.76. The Labute approximate surface area is 249 Å². The second kappa shape index (κ2) is 15.5. The number of carbonyl (C=O) groups excluding carboxylic acids is 2. The average molecular weight is 588 g/mol. The van der Waals surface area contributed by atoms with Crippen LogP contribution in [0.25, 0.3) is 0 Å². The van der Waals surface area contributed by atoms with Gasteiger partial charge in [0.05, 0.1) is 30.9 Å². The normalized spacial score (nSPS) is 16.4. The van der Waals surface area contributed by atoms with Crippen molar-refractivity contribution < 1.29 is 34.8 Å². The minimum absolute atomic E-state index is 0.00753. The summed E-state index contributed by atoms with van der Waals surface area (Å²) < 4.78 is 5.38. The highest BCUT2D eigenvalue weighted by Gasteiger charge is 2.47. The van der Waals surface area contributed by atoms with E-state index in [9.17, 15) is 30.0 Å². The third-order valence-electron chi connectivity index (χ3n) is 7.10. The van der Waals surface area contributed by atoms with Crippen molar-refractivity contribution >= 4 is 12.0 Å². The first-order chi connectivity index (χ1) is 19.6. The lowest BCUT2D eigenvalue weighted by molar-refractivity contribution is -0.160. The molecule has 10 heteroatoms. The largest absolute Gasteiger partial charge is 0.444 e. The zero-order valence-electron chi connectivity index (χ0n) is 25.6. The Morgan fingerprint density at radius 3 is 1.57 bits per heavy atom. The van der Waals surface area contributed by atoms with Crippen molar-refractivity contribution in [1.82, 2.24) is 16.0 Å². The third-order valence-corrected chi connectivity index (χ3v) is 7.10. The highest BCUT2D eigenvalue weighted by Crippen LogP contribution is 2.30. The fraction of sp³-hybridized carbons (Fsp3) is 0.562. The van der Waals surface area contributed by atoms with Crippen molar-refractivity contribution in [3.8, 4) is 0 Å². The van der Waals surface area contributed by atoms with Crippen LogP contribution < -0.4 is 16.0 Å². The molecule has 2 aromatic rings. The highest BCUT2D eigenvalue weighted by atomic mass is 16.6. The molecule has 0 aliphatic carbocycles. The topological polar surface area (TPSA) is 160 Å². The molecule has 42 heavy (non-hydrogen) atoms. The molecule has 2 aromatic carbocycles. The molecule has 0 radical (unpaired) electrons. The van der Waals surface area contributed by atoms with E-state index in [1.165, 1.54) is 0 Å². The summed E-state index contributed by atoms with van der Waals surface area (Å²) in [6, 6.07) is 17.2. The van der Waals surface area contributed by atoms with Crippen LogP contribution in [0.3, 0.4) is 0 Å². The summed E-state index contributed by atoms with van der Waals surface area (Å²) in [5.74, 6) is -0.790. The first-order valence-electron chi connectivity index (χ1n) is 14.3. The SMILES string of the molecule is CC(C)(C)OC(=O)N[C@@H](Cc1ccccc1)[C@H](O)CNC[C@@H](O)[C@H](Cc1ccccc1)NC(=O)[C@@](O)(CO)C(C)(C)C. The molecule has 0 bridgehead atoms. The first kappa shape index (κ1) is 35.2. The summed E-state index contributed by atoms with van der Waals surface area (Å²) in [4.78, 5) is 25.7. The summed E-state index contributed by atoms with van der Waals surface area (Å²) in [5, 5.41) is 51.5. The van der Waals surface area contributed by atoms with Gasteiger partial charge in [-0.15, -0.1) is 0 Å². The lowest BCUT2D eigenvalue weighted by Gasteiger charge is -2.39. The van der Waals surface area contributed by atoms with Gasteiger partial charge in [-0.25, -0.2) is 4.79 Å².